The Morgan fingerprint density at radius 2 is 2.09 bits per heavy atom. The lowest BCUT2D eigenvalue weighted by atomic mass is 10.0. The van der Waals surface area contributed by atoms with Gasteiger partial charge >= 0.3 is 0 Å². The van der Waals surface area contributed by atoms with Crippen LogP contribution in [0.1, 0.15) is 43.4 Å². The SMILES string of the molecule is COCCC(=O)N1CCN(c2nc(C3CC3)c(-c3cc4ccccc4[nH]3)cc2C#N)CC1C. The Kier molecular flexibility index (Phi) is 5.77. The van der Waals surface area contributed by atoms with Gasteiger partial charge in [-0.15, -0.1) is 0 Å². The van der Waals surface area contributed by atoms with Gasteiger partial charge in [-0.1, -0.05) is 18.2 Å². The van der Waals surface area contributed by atoms with Gasteiger partial charge in [0, 0.05) is 60.9 Å². The molecule has 5 rings (SSSR count). The van der Waals surface area contributed by atoms with Crippen LogP contribution in [-0.2, 0) is 9.53 Å². The molecule has 0 bridgehead atoms. The number of ether oxygens (including phenoxy) is 1. The van der Waals surface area contributed by atoms with E-state index in [0.717, 1.165) is 46.5 Å². The van der Waals surface area contributed by atoms with Crippen molar-refractivity contribution in [3.63, 3.8) is 0 Å². The molecule has 0 radical (unpaired) electrons. The van der Waals surface area contributed by atoms with E-state index in [1.54, 1.807) is 7.11 Å². The highest BCUT2D eigenvalue weighted by atomic mass is 16.5. The van der Waals surface area contributed by atoms with Crippen molar-refractivity contribution < 1.29 is 9.53 Å². The molecule has 1 aromatic carbocycles. The summed E-state index contributed by atoms with van der Waals surface area (Å²) in [6.45, 7) is 4.45. The summed E-state index contributed by atoms with van der Waals surface area (Å²) in [6, 6.07) is 14.8. The van der Waals surface area contributed by atoms with Gasteiger partial charge in [-0.25, -0.2) is 4.98 Å². The van der Waals surface area contributed by atoms with Crippen molar-refractivity contribution in [3.05, 3.63) is 47.7 Å². The molecule has 33 heavy (non-hydrogen) atoms. The molecule has 1 atom stereocenters. The van der Waals surface area contributed by atoms with Crippen LogP contribution in [0.5, 0.6) is 0 Å². The van der Waals surface area contributed by atoms with Crippen LogP contribution in [0.25, 0.3) is 22.2 Å². The number of aromatic nitrogens is 2. The fourth-order valence-corrected chi connectivity index (χ4v) is 4.80. The molecule has 0 spiro atoms. The molecule has 2 fully saturated rings. The van der Waals surface area contributed by atoms with Gasteiger partial charge in [0.05, 0.1) is 24.3 Å². The van der Waals surface area contributed by atoms with Gasteiger partial charge in [0.15, 0.2) is 0 Å². The minimum absolute atomic E-state index is 0.0502. The molecule has 7 nitrogen and oxygen atoms in total. The maximum absolute atomic E-state index is 12.5. The summed E-state index contributed by atoms with van der Waals surface area (Å²) in [7, 11) is 1.61. The predicted molar refractivity (Wildman–Crippen MR) is 128 cm³/mol. The smallest absolute Gasteiger partial charge is 0.225 e. The number of pyridine rings is 1. The number of benzene rings is 1. The van der Waals surface area contributed by atoms with Crippen LogP contribution in [0, 0.1) is 11.3 Å². The summed E-state index contributed by atoms with van der Waals surface area (Å²) in [4.78, 5) is 25.2. The van der Waals surface area contributed by atoms with E-state index in [1.165, 1.54) is 0 Å². The quantitative estimate of drug-likeness (QED) is 0.621. The number of carbonyl (C=O) groups is 1. The lowest BCUT2D eigenvalue weighted by Crippen LogP contribution is -2.54. The Hall–Kier alpha value is -3.37. The zero-order chi connectivity index (χ0) is 22.9. The summed E-state index contributed by atoms with van der Waals surface area (Å²) in [6.07, 6.45) is 2.65. The molecule has 1 saturated heterocycles. The van der Waals surface area contributed by atoms with Crippen molar-refractivity contribution in [1.29, 1.82) is 5.26 Å². The van der Waals surface area contributed by atoms with E-state index in [1.807, 2.05) is 23.1 Å². The maximum atomic E-state index is 12.5. The van der Waals surface area contributed by atoms with Gasteiger partial charge in [-0.2, -0.15) is 5.26 Å². The molecule has 1 aliphatic heterocycles. The van der Waals surface area contributed by atoms with E-state index in [2.05, 4.69) is 41.1 Å². The fraction of sp³-hybridized carbons (Fsp3) is 0.423. The van der Waals surface area contributed by atoms with Crippen LogP contribution in [0.3, 0.4) is 0 Å². The first-order chi connectivity index (χ1) is 16.1. The molecular weight excluding hydrogens is 414 g/mol. The highest BCUT2D eigenvalue weighted by Gasteiger charge is 2.33. The van der Waals surface area contributed by atoms with Crippen LogP contribution in [0.4, 0.5) is 5.82 Å². The highest BCUT2D eigenvalue weighted by Crippen LogP contribution is 2.45. The third kappa shape index (κ3) is 4.19. The van der Waals surface area contributed by atoms with Crippen LogP contribution < -0.4 is 4.90 Å². The molecule has 3 heterocycles. The first kappa shape index (κ1) is 21.5. The number of methoxy groups -OCH3 is 1. The summed E-state index contributed by atoms with van der Waals surface area (Å²) in [5, 5.41) is 11.2. The van der Waals surface area contributed by atoms with E-state index >= 15 is 0 Å². The minimum atomic E-state index is 0.0502. The van der Waals surface area contributed by atoms with Gasteiger partial charge in [-0.3, -0.25) is 4.79 Å². The van der Waals surface area contributed by atoms with Crippen LogP contribution in [-0.4, -0.2) is 60.2 Å². The van der Waals surface area contributed by atoms with E-state index < -0.39 is 0 Å². The monoisotopic (exact) mass is 443 g/mol. The molecule has 1 amide bonds. The standard InChI is InChI=1S/C26H29N5O2/c1-17-16-30(10-11-31(17)24(32)9-12-33-2)26-20(15-27)13-21(25(29-26)18-7-8-18)23-14-19-5-3-4-6-22(19)28-23/h3-6,13-14,17-18,28H,7-12,16H2,1-2H3. The lowest BCUT2D eigenvalue weighted by Gasteiger charge is -2.41. The summed E-state index contributed by atoms with van der Waals surface area (Å²) in [5.74, 6) is 1.30. The molecule has 7 heteroatoms. The maximum Gasteiger partial charge on any atom is 0.225 e. The number of nitrogens with one attached hydrogen (secondary N) is 1. The van der Waals surface area contributed by atoms with Gasteiger partial charge in [-0.05, 0) is 38.0 Å². The second kappa shape index (κ2) is 8.87. The molecule has 1 aliphatic carbocycles. The molecule has 1 N–H and O–H groups in total. The fourth-order valence-electron chi connectivity index (χ4n) is 4.80. The summed E-state index contributed by atoms with van der Waals surface area (Å²) >= 11 is 0. The van der Waals surface area contributed by atoms with Gasteiger partial charge in [0.2, 0.25) is 5.91 Å². The molecule has 1 saturated carbocycles. The Morgan fingerprint density at radius 1 is 1.27 bits per heavy atom. The Labute approximate surface area is 194 Å². The molecule has 2 aromatic heterocycles. The van der Waals surface area contributed by atoms with Crippen LogP contribution in [0.15, 0.2) is 36.4 Å². The summed E-state index contributed by atoms with van der Waals surface area (Å²) < 4.78 is 5.06. The topological polar surface area (TPSA) is 85.2 Å². The van der Waals surface area contributed by atoms with Crippen molar-refractivity contribution >= 4 is 22.6 Å². The van der Waals surface area contributed by atoms with E-state index in [9.17, 15) is 10.1 Å². The predicted octanol–water partition coefficient (Wildman–Crippen LogP) is 4.05. The van der Waals surface area contributed by atoms with Gasteiger partial charge in [0.1, 0.15) is 11.9 Å². The Bertz CT molecular complexity index is 1190. The number of nitrogens with zero attached hydrogens (tertiary/aromatic N) is 4. The number of carbonyl (C=O) groups excluding carboxylic acids is 1. The van der Waals surface area contributed by atoms with Gasteiger partial charge < -0.3 is 19.5 Å². The average molecular weight is 444 g/mol. The number of aromatic amines is 1. The third-order valence-electron chi connectivity index (χ3n) is 6.70. The zero-order valence-corrected chi connectivity index (χ0v) is 19.2. The van der Waals surface area contributed by atoms with Crippen molar-refractivity contribution in [2.24, 2.45) is 0 Å². The number of piperazine rings is 1. The first-order valence-electron chi connectivity index (χ1n) is 11.7. The summed E-state index contributed by atoms with van der Waals surface area (Å²) in [5.41, 5.74) is 4.77. The van der Waals surface area contributed by atoms with Gasteiger partial charge in [0.25, 0.3) is 0 Å². The lowest BCUT2D eigenvalue weighted by molar-refractivity contribution is -0.134. The number of rotatable bonds is 6. The molecule has 2 aliphatic rings. The first-order valence-corrected chi connectivity index (χ1v) is 11.7. The molecule has 1 unspecified atom stereocenters. The van der Waals surface area contributed by atoms with Crippen LogP contribution >= 0.6 is 0 Å². The molecule has 170 valence electrons. The number of nitriles is 1. The molecule has 3 aromatic rings. The normalized spacial score (nSPS) is 18.5. The number of para-hydroxylation sites is 1. The van der Waals surface area contributed by atoms with E-state index in [4.69, 9.17) is 9.72 Å². The number of H-pyrrole nitrogens is 1. The largest absolute Gasteiger partial charge is 0.384 e. The molecular formula is C26H29N5O2. The minimum Gasteiger partial charge on any atom is -0.384 e. The van der Waals surface area contributed by atoms with Crippen molar-refractivity contribution in [2.75, 3.05) is 38.3 Å². The highest BCUT2D eigenvalue weighted by molar-refractivity contribution is 5.87. The third-order valence-corrected chi connectivity index (χ3v) is 6.70. The zero-order valence-electron chi connectivity index (χ0n) is 19.2. The second-order valence-corrected chi connectivity index (χ2v) is 9.07. The van der Waals surface area contributed by atoms with Crippen molar-refractivity contribution in [1.82, 2.24) is 14.9 Å². The van der Waals surface area contributed by atoms with Crippen molar-refractivity contribution in [3.8, 4) is 17.3 Å². The van der Waals surface area contributed by atoms with E-state index in [0.29, 0.717) is 44.1 Å². The Morgan fingerprint density at radius 3 is 2.79 bits per heavy atom. The average Bonchev–Trinajstić information content (AvgIpc) is 3.59. The number of hydrogen-bond acceptors (Lipinski definition) is 5. The number of amides is 1. The van der Waals surface area contributed by atoms with Crippen molar-refractivity contribution in [2.45, 2.75) is 38.1 Å². The number of anilines is 1. The van der Waals surface area contributed by atoms with Crippen LogP contribution in [0.2, 0.25) is 0 Å². The Balaban J connectivity index is 1.46. The number of hydrogen-bond donors (Lipinski definition) is 1. The van der Waals surface area contributed by atoms with E-state index in [-0.39, 0.29) is 11.9 Å². The second-order valence-electron chi connectivity index (χ2n) is 9.07. The number of fused-ring (bicyclic) bond motifs is 1.